The SMILES string of the molecule is Cc1ccc(SCc2cc(C3C(C#N)=C(N)N(c4ccc(I)cc4)C4=C3C(=O)CC(C)(C)C4)c(C)cc2C)cc1. The highest BCUT2D eigenvalue weighted by molar-refractivity contribution is 14.1. The van der Waals surface area contributed by atoms with Gasteiger partial charge < -0.3 is 5.73 Å². The molecule has 1 aliphatic heterocycles. The number of anilines is 1. The summed E-state index contributed by atoms with van der Waals surface area (Å²) in [4.78, 5) is 17.1. The number of thioether (sulfide) groups is 1. The van der Waals surface area contributed by atoms with Crippen LogP contribution >= 0.6 is 34.4 Å². The number of rotatable bonds is 5. The molecule has 1 unspecified atom stereocenters. The maximum atomic E-state index is 14.0. The number of hydrogen-bond acceptors (Lipinski definition) is 5. The lowest BCUT2D eigenvalue weighted by Gasteiger charge is -2.44. The minimum absolute atomic E-state index is 0.0996. The Balaban J connectivity index is 1.65. The van der Waals surface area contributed by atoms with Crippen LogP contribution in [0.1, 0.15) is 60.4 Å². The van der Waals surface area contributed by atoms with Crippen molar-refractivity contribution in [3.8, 4) is 6.07 Å². The third-order valence-corrected chi connectivity index (χ3v) is 9.70. The van der Waals surface area contributed by atoms with Crippen molar-refractivity contribution in [3.63, 3.8) is 0 Å². The molecule has 0 radical (unpaired) electrons. The Bertz CT molecular complexity index is 1590. The van der Waals surface area contributed by atoms with Crippen LogP contribution in [0.15, 0.2) is 88.2 Å². The third-order valence-electron chi connectivity index (χ3n) is 7.92. The topological polar surface area (TPSA) is 70.1 Å². The van der Waals surface area contributed by atoms with Gasteiger partial charge in [0.2, 0.25) is 0 Å². The largest absolute Gasteiger partial charge is 0.384 e. The summed E-state index contributed by atoms with van der Waals surface area (Å²) in [5.41, 5.74) is 15.3. The van der Waals surface area contributed by atoms with Gasteiger partial charge in [-0.2, -0.15) is 5.26 Å². The number of hydrogen-bond donors (Lipinski definition) is 1. The fourth-order valence-electron chi connectivity index (χ4n) is 5.88. The van der Waals surface area contributed by atoms with Crippen LogP contribution in [0.4, 0.5) is 5.69 Å². The first-order valence-electron chi connectivity index (χ1n) is 13.5. The van der Waals surface area contributed by atoms with Crippen molar-refractivity contribution in [2.24, 2.45) is 11.1 Å². The summed E-state index contributed by atoms with van der Waals surface area (Å²) in [7, 11) is 0. The summed E-state index contributed by atoms with van der Waals surface area (Å²) in [6, 6.07) is 23.5. The highest BCUT2D eigenvalue weighted by Gasteiger charge is 2.45. The van der Waals surface area contributed by atoms with Gasteiger partial charge in [0.05, 0.1) is 17.6 Å². The average molecular weight is 660 g/mol. The Hall–Kier alpha value is -3.02. The van der Waals surface area contributed by atoms with Crippen molar-refractivity contribution < 1.29 is 4.79 Å². The van der Waals surface area contributed by atoms with E-state index >= 15 is 0 Å². The minimum Gasteiger partial charge on any atom is -0.384 e. The van der Waals surface area contributed by atoms with Gasteiger partial charge in [-0.15, -0.1) is 11.8 Å². The van der Waals surface area contributed by atoms with E-state index in [2.05, 4.69) is 99.7 Å². The van der Waals surface area contributed by atoms with Crippen LogP contribution < -0.4 is 10.6 Å². The second-order valence-electron chi connectivity index (χ2n) is 11.7. The molecule has 3 aromatic carbocycles. The predicted molar refractivity (Wildman–Crippen MR) is 173 cm³/mol. The Morgan fingerprint density at radius 3 is 2.35 bits per heavy atom. The predicted octanol–water partition coefficient (Wildman–Crippen LogP) is 8.45. The summed E-state index contributed by atoms with van der Waals surface area (Å²) < 4.78 is 1.11. The summed E-state index contributed by atoms with van der Waals surface area (Å²) in [5, 5.41) is 10.5. The number of allylic oxidation sites excluding steroid dienone is 3. The number of ketones is 1. The zero-order valence-corrected chi connectivity index (χ0v) is 26.6. The fourth-order valence-corrected chi connectivity index (χ4v) is 7.20. The molecular formula is C34H34IN3OS. The van der Waals surface area contributed by atoms with Crippen molar-refractivity contribution >= 4 is 45.8 Å². The van der Waals surface area contributed by atoms with Crippen molar-refractivity contribution in [3.05, 3.63) is 115 Å². The quantitative estimate of drug-likeness (QED) is 0.220. The van der Waals surface area contributed by atoms with E-state index in [1.54, 1.807) is 11.8 Å². The Kier molecular flexibility index (Phi) is 7.91. The van der Waals surface area contributed by atoms with E-state index in [0.717, 1.165) is 31.8 Å². The average Bonchev–Trinajstić information content (AvgIpc) is 2.89. The second-order valence-corrected chi connectivity index (χ2v) is 14.0. The second kappa shape index (κ2) is 11.1. The maximum Gasteiger partial charge on any atom is 0.162 e. The summed E-state index contributed by atoms with van der Waals surface area (Å²) >= 11 is 4.08. The number of carbonyl (C=O) groups excluding carboxylic acids is 1. The molecule has 0 amide bonds. The minimum atomic E-state index is -0.479. The van der Waals surface area contributed by atoms with Crippen LogP contribution in [0.3, 0.4) is 0 Å². The first-order valence-corrected chi connectivity index (χ1v) is 15.6. The van der Waals surface area contributed by atoms with Crippen LogP contribution in [0, 0.1) is 41.1 Å². The van der Waals surface area contributed by atoms with Crippen molar-refractivity contribution in [2.75, 3.05) is 4.90 Å². The molecule has 6 heteroatoms. The summed E-state index contributed by atoms with van der Waals surface area (Å²) in [6.45, 7) is 10.6. The Labute approximate surface area is 255 Å². The highest BCUT2D eigenvalue weighted by Crippen LogP contribution is 2.51. The van der Waals surface area contributed by atoms with Crippen LogP contribution in [-0.2, 0) is 10.5 Å². The zero-order valence-electron chi connectivity index (χ0n) is 23.6. The van der Waals surface area contributed by atoms with E-state index < -0.39 is 5.92 Å². The molecule has 204 valence electrons. The van der Waals surface area contributed by atoms with Gasteiger partial charge in [0, 0.05) is 37.6 Å². The van der Waals surface area contributed by atoms with E-state index in [1.165, 1.54) is 21.6 Å². The summed E-state index contributed by atoms with van der Waals surface area (Å²) in [5.74, 6) is 0.834. The molecule has 2 N–H and O–H groups in total. The number of halogens is 1. The molecule has 1 heterocycles. The summed E-state index contributed by atoms with van der Waals surface area (Å²) in [6.07, 6.45) is 1.15. The van der Waals surface area contributed by atoms with Gasteiger partial charge >= 0.3 is 0 Å². The van der Waals surface area contributed by atoms with E-state index in [9.17, 15) is 10.1 Å². The molecule has 40 heavy (non-hydrogen) atoms. The van der Waals surface area contributed by atoms with Crippen molar-refractivity contribution in [1.29, 1.82) is 5.26 Å². The maximum absolute atomic E-state index is 14.0. The lowest BCUT2D eigenvalue weighted by molar-refractivity contribution is -0.118. The zero-order chi connectivity index (χ0) is 28.8. The molecule has 0 bridgehead atoms. The van der Waals surface area contributed by atoms with Crippen LogP contribution in [0.2, 0.25) is 0 Å². The van der Waals surface area contributed by atoms with E-state index in [1.807, 2.05) is 29.2 Å². The van der Waals surface area contributed by atoms with Gasteiger partial charge in [0.15, 0.2) is 5.78 Å². The van der Waals surface area contributed by atoms with Crippen molar-refractivity contribution in [1.82, 2.24) is 0 Å². The van der Waals surface area contributed by atoms with Gasteiger partial charge in [-0.3, -0.25) is 9.69 Å². The molecule has 4 nitrogen and oxygen atoms in total. The molecule has 2 aliphatic rings. The van der Waals surface area contributed by atoms with E-state index in [-0.39, 0.29) is 11.2 Å². The molecular weight excluding hydrogens is 625 g/mol. The van der Waals surface area contributed by atoms with Gasteiger partial charge in [0.25, 0.3) is 0 Å². The number of nitrogens with two attached hydrogens (primary N) is 1. The smallest absolute Gasteiger partial charge is 0.162 e. The molecule has 0 saturated carbocycles. The molecule has 1 aliphatic carbocycles. The van der Waals surface area contributed by atoms with Gasteiger partial charge in [-0.05, 0) is 114 Å². The van der Waals surface area contributed by atoms with Gasteiger partial charge in [-0.25, -0.2) is 0 Å². The highest BCUT2D eigenvalue weighted by atomic mass is 127. The molecule has 0 saturated heterocycles. The van der Waals surface area contributed by atoms with Crippen molar-refractivity contribution in [2.45, 2.75) is 64.0 Å². The lowest BCUT2D eigenvalue weighted by Crippen LogP contribution is -2.42. The molecule has 0 aromatic heterocycles. The molecule has 0 fully saturated rings. The van der Waals surface area contributed by atoms with Gasteiger partial charge in [0.1, 0.15) is 5.82 Å². The molecule has 3 aromatic rings. The van der Waals surface area contributed by atoms with Crippen LogP contribution in [-0.4, -0.2) is 5.78 Å². The van der Waals surface area contributed by atoms with Crippen LogP contribution in [0.5, 0.6) is 0 Å². The van der Waals surface area contributed by atoms with E-state index in [0.29, 0.717) is 29.8 Å². The van der Waals surface area contributed by atoms with Crippen LogP contribution in [0.25, 0.3) is 0 Å². The number of carbonyl (C=O) groups is 1. The monoisotopic (exact) mass is 659 g/mol. The Morgan fingerprint density at radius 1 is 1.02 bits per heavy atom. The number of Topliss-reactive ketones (excluding diaryl/α,β-unsaturated/α-hetero) is 1. The first kappa shape index (κ1) is 28.5. The lowest BCUT2D eigenvalue weighted by atomic mass is 9.68. The molecule has 1 atom stereocenters. The standard InChI is InChI=1S/C34H34IN3OS/c1-20-6-12-26(13-7-20)40-19-23-15-27(22(3)14-21(23)2)31-28(18-36)33(37)38(25-10-8-24(35)9-11-25)29-16-34(4,5)17-30(39)32(29)31/h6-15,31H,16-17,19,37H2,1-5H3. The van der Waals surface area contributed by atoms with Gasteiger partial charge in [-0.1, -0.05) is 43.7 Å². The van der Waals surface area contributed by atoms with E-state index in [4.69, 9.17) is 5.73 Å². The molecule has 5 rings (SSSR count). The number of nitrogens with zero attached hydrogens (tertiary/aromatic N) is 2. The molecule has 0 spiro atoms. The fraction of sp³-hybridized carbons (Fsp3) is 0.294. The number of nitriles is 1. The number of aryl methyl sites for hydroxylation is 3. The first-order chi connectivity index (χ1) is 19.0. The Morgan fingerprint density at radius 2 is 1.70 bits per heavy atom. The number of benzene rings is 3. The third kappa shape index (κ3) is 5.46. The normalized spacial score (nSPS) is 18.6.